The normalized spacial score (nSPS) is 11.8. The van der Waals surface area contributed by atoms with Gasteiger partial charge in [-0.05, 0) is 79.2 Å². The fourth-order valence-corrected chi connectivity index (χ4v) is 4.64. The Kier molecular flexibility index (Phi) is 9.72. The van der Waals surface area contributed by atoms with Crippen LogP contribution >= 0.6 is 27.7 Å². The second kappa shape index (κ2) is 13.6. The van der Waals surface area contributed by atoms with Crippen molar-refractivity contribution in [3.05, 3.63) is 130 Å². The Morgan fingerprint density at radius 2 is 1.33 bits per heavy atom. The molecule has 39 heavy (non-hydrogen) atoms. The van der Waals surface area contributed by atoms with Crippen molar-refractivity contribution in [1.82, 2.24) is 5.32 Å². The SMILES string of the molecule is CC(Sc1ccc(NC(=O)/C(=C/c2ccc(Br)cc2)NC(=O)c2ccccc2)cc1)C(=O)Nc1ccccc1. The summed E-state index contributed by atoms with van der Waals surface area (Å²) in [5, 5.41) is 8.16. The van der Waals surface area contributed by atoms with Gasteiger partial charge in [-0.2, -0.15) is 0 Å². The zero-order valence-electron chi connectivity index (χ0n) is 21.1. The van der Waals surface area contributed by atoms with Gasteiger partial charge in [0.2, 0.25) is 5.91 Å². The summed E-state index contributed by atoms with van der Waals surface area (Å²) in [5.74, 6) is -0.942. The van der Waals surface area contributed by atoms with Crippen LogP contribution in [0.3, 0.4) is 0 Å². The number of hydrogen-bond donors (Lipinski definition) is 3. The molecule has 3 amide bonds. The minimum atomic E-state index is -0.460. The van der Waals surface area contributed by atoms with E-state index in [4.69, 9.17) is 0 Å². The summed E-state index contributed by atoms with van der Waals surface area (Å²) < 4.78 is 0.906. The molecule has 0 heterocycles. The fourth-order valence-electron chi connectivity index (χ4n) is 3.51. The first-order valence-corrected chi connectivity index (χ1v) is 13.8. The number of halogens is 1. The third kappa shape index (κ3) is 8.43. The van der Waals surface area contributed by atoms with Crippen molar-refractivity contribution in [1.29, 1.82) is 0 Å². The van der Waals surface area contributed by atoms with Gasteiger partial charge in [-0.25, -0.2) is 0 Å². The highest BCUT2D eigenvalue weighted by molar-refractivity contribution is 9.10. The van der Waals surface area contributed by atoms with Crippen molar-refractivity contribution in [2.45, 2.75) is 17.1 Å². The monoisotopic (exact) mass is 599 g/mol. The average Bonchev–Trinajstić information content (AvgIpc) is 2.95. The lowest BCUT2D eigenvalue weighted by Crippen LogP contribution is -2.30. The summed E-state index contributed by atoms with van der Waals surface area (Å²) in [6.07, 6.45) is 1.62. The first-order valence-electron chi connectivity index (χ1n) is 12.1. The molecular weight excluding hydrogens is 574 g/mol. The summed E-state index contributed by atoms with van der Waals surface area (Å²) in [6, 6.07) is 32.6. The summed E-state index contributed by atoms with van der Waals surface area (Å²) in [6.45, 7) is 1.84. The van der Waals surface area contributed by atoms with E-state index in [0.717, 1.165) is 20.6 Å². The number of carbonyl (C=O) groups excluding carboxylic acids is 3. The van der Waals surface area contributed by atoms with Crippen molar-refractivity contribution in [2.24, 2.45) is 0 Å². The zero-order chi connectivity index (χ0) is 27.6. The van der Waals surface area contributed by atoms with E-state index >= 15 is 0 Å². The molecule has 0 spiro atoms. The van der Waals surface area contributed by atoms with Crippen molar-refractivity contribution >= 4 is 62.9 Å². The minimum absolute atomic E-state index is 0.0968. The Labute approximate surface area is 240 Å². The Bertz CT molecular complexity index is 1460. The second-order valence-corrected chi connectivity index (χ2v) is 10.9. The van der Waals surface area contributed by atoms with Crippen molar-refractivity contribution in [2.75, 3.05) is 10.6 Å². The molecule has 0 saturated heterocycles. The maximum Gasteiger partial charge on any atom is 0.272 e. The average molecular weight is 601 g/mol. The van der Waals surface area contributed by atoms with Gasteiger partial charge in [0.1, 0.15) is 5.70 Å². The van der Waals surface area contributed by atoms with Gasteiger partial charge in [0.25, 0.3) is 11.8 Å². The second-order valence-electron chi connectivity index (χ2n) is 8.52. The fraction of sp³-hybridized carbons (Fsp3) is 0.0645. The molecule has 4 rings (SSSR count). The van der Waals surface area contributed by atoms with Crippen molar-refractivity contribution in [3.63, 3.8) is 0 Å². The van der Waals surface area contributed by atoms with E-state index in [1.165, 1.54) is 11.8 Å². The molecule has 0 saturated carbocycles. The highest BCUT2D eigenvalue weighted by atomic mass is 79.9. The highest BCUT2D eigenvalue weighted by Crippen LogP contribution is 2.26. The van der Waals surface area contributed by atoms with Crippen molar-refractivity contribution < 1.29 is 14.4 Å². The molecule has 8 heteroatoms. The van der Waals surface area contributed by atoms with Crippen LogP contribution in [0.4, 0.5) is 11.4 Å². The van der Waals surface area contributed by atoms with Gasteiger partial charge in [0.15, 0.2) is 0 Å². The first-order chi connectivity index (χ1) is 18.9. The van der Waals surface area contributed by atoms with Crippen LogP contribution in [-0.4, -0.2) is 23.0 Å². The van der Waals surface area contributed by atoms with Crippen LogP contribution < -0.4 is 16.0 Å². The third-order valence-electron chi connectivity index (χ3n) is 5.55. The number of carbonyl (C=O) groups is 3. The maximum absolute atomic E-state index is 13.2. The Balaban J connectivity index is 1.43. The van der Waals surface area contributed by atoms with Gasteiger partial charge in [-0.3, -0.25) is 14.4 Å². The van der Waals surface area contributed by atoms with E-state index in [1.807, 2.05) is 79.7 Å². The van der Waals surface area contributed by atoms with Crippen molar-refractivity contribution in [3.8, 4) is 0 Å². The number of thioether (sulfide) groups is 1. The summed E-state index contributed by atoms with van der Waals surface area (Å²) in [7, 11) is 0. The molecule has 0 aliphatic carbocycles. The summed E-state index contributed by atoms with van der Waals surface area (Å²) in [4.78, 5) is 39.4. The molecular formula is C31H26BrN3O3S. The molecule has 0 bridgehead atoms. The Morgan fingerprint density at radius 3 is 1.97 bits per heavy atom. The van der Waals surface area contributed by atoms with E-state index in [2.05, 4.69) is 31.9 Å². The molecule has 0 fully saturated rings. The quantitative estimate of drug-likeness (QED) is 0.143. The molecule has 0 aliphatic heterocycles. The van der Waals surface area contributed by atoms with Crippen LogP contribution in [-0.2, 0) is 9.59 Å². The Hall–Kier alpha value is -4.14. The molecule has 6 nitrogen and oxygen atoms in total. The number of anilines is 2. The predicted octanol–water partition coefficient (Wildman–Crippen LogP) is 6.98. The van der Waals surface area contributed by atoms with Gasteiger partial charge in [-0.15, -0.1) is 11.8 Å². The topological polar surface area (TPSA) is 87.3 Å². The summed E-state index contributed by atoms with van der Waals surface area (Å²) >= 11 is 4.82. The van der Waals surface area contributed by atoms with Gasteiger partial charge in [0, 0.05) is 26.3 Å². The van der Waals surface area contributed by atoms with Gasteiger partial charge < -0.3 is 16.0 Å². The first kappa shape index (κ1) is 27.9. The van der Waals surface area contributed by atoms with E-state index in [0.29, 0.717) is 11.3 Å². The van der Waals surface area contributed by atoms with E-state index < -0.39 is 5.91 Å². The van der Waals surface area contributed by atoms with Gasteiger partial charge >= 0.3 is 0 Å². The molecule has 0 aliphatic rings. The lowest BCUT2D eigenvalue weighted by atomic mass is 10.1. The molecule has 1 atom stereocenters. The van der Waals surface area contributed by atoms with E-state index in [1.54, 1.807) is 42.5 Å². The molecule has 4 aromatic rings. The third-order valence-corrected chi connectivity index (χ3v) is 7.19. The Morgan fingerprint density at radius 1 is 0.744 bits per heavy atom. The number of hydrogen-bond acceptors (Lipinski definition) is 4. The maximum atomic E-state index is 13.2. The number of benzene rings is 4. The van der Waals surface area contributed by atoms with Crippen LogP contribution in [0.2, 0.25) is 0 Å². The summed E-state index contributed by atoms with van der Waals surface area (Å²) in [5.41, 5.74) is 2.61. The predicted molar refractivity (Wildman–Crippen MR) is 161 cm³/mol. The standard InChI is InChI=1S/C31H26BrN3O3S/c1-21(29(36)33-25-10-6-3-7-11-25)39-27-18-16-26(17-19-27)34-31(38)28(20-22-12-14-24(32)15-13-22)35-30(37)23-8-4-2-5-9-23/h2-21H,1H3,(H,33,36)(H,34,38)(H,35,37)/b28-20-. The van der Waals surface area contributed by atoms with Crippen LogP contribution in [0.1, 0.15) is 22.8 Å². The van der Waals surface area contributed by atoms with Crippen LogP contribution in [0.5, 0.6) is 0 Å². The molecule has 196 valence electrons. The van der Waals surface area contributed by atoms with E-state index in [9.17, 15) is 14.4 Å². The van der Waals surface area contributed by atoms with Gasteiger partial charge in [-0.1, -0.05) is 64.5 Å². The smallest absolute Gasteiger partial charge is 0.272 e. The van der Waals surface area contributed by atoms with Crippen LogP contribution in [0, 0.1) is 0 Å². The number of nitrogens with one attached hydrogen (secondary N) is 3. The largest absolute Gasteiger partial charge is 0.325 e. The highest BCUT2D eigenvalue weighted by Gasteiger charge is 2.17. The molecule has 4 aromatic carbocycles. The van der Waals surface area contributed by atoms with E-state index in [-0.39, 0.29) is 22.8 Å². The van der Waals surface area contributed by atoms with Crippen LogP contribution in [0.25, 0.3) is 6.08 Å². The van der Waals surface area contributed by atoms with Crippen LogP contribution in [0.15, 0.2) is 124 Å². The molecule has 0 radical (unpaired) electrons. The lowest BCUT2D eigenvalue weighted by molar-refractivity contribution is -0.115. The zero-order valence-corrected chi connectivity index (χ0v) is 23.5. The van der Waals surface area contributed by atoms with Gasteiger partial charge in [0.05, 0.1) is 5.25 Å². The number of amides is 3. The number of para-hydroxylation sites is 1. The number of rotatable bonds is 9. The molecule has 3 N–H and O–H groups in total. The molecule has 0 aromatic heterocycles. The minimum Gasteiger partial charge on any atom is -0.325 e. The molecule has 1 unspecified atom stereocenters. The lowest BCUT2D eigenvalue weighted by Gasteiger charge is -2.13.